The van der Waals surface area contributed by atoms with Crippen LogP contribution in [0.3, 0.4) is 0 Å². The Morgan fingerprint density at radius 3 is 0.706 bits per heavy atom. The van der Waals surface area contributed by atoms with Crippen LogP contribution < -0.4 is 20.4 Å². The Morgan fingerprint density at radius 1 is 0.500 bits per heavy atom. The second kappa shape index (κ2) is 22.2. The third-order valence-corrected chi connectivity index (χ3v) is 3.24. The molecule has 6 heteroatoms. The summed E-state index contributed by atoms with van der Waals surface area (Å²) >= 11 is 0. The fraction of sp³-hybridized carbons (Fsp3) is 0.107. The van der Waals surface area contributed by atoms with E-state index in [1.165, 1.54) is 55.5 Å². The molecule has 0 aromatic heterocycles. The maximum atomic E-state index is 10.3. The van der Waals surface area contributed by atoms with Crippen molar-refractivity contribution in [3.8, 4) is 23.0 Å². The summed E-state index contributed by atoms with van der Waals surface area (Å²) in [5.41, 5.74) is 0. The zero-order chi connectivity index (χ0) is 24.7. The van der Waals surface area contributed by atoms with Gasteiger partial charge in [-0.1, -0.05) is 121 Å². The van der Waals surface area contributed by atoms with E-state index < -0.39 is 6.10 Å². The third-order valence-electron chi connectivity index (χ3n) is 3.24. The van der Waals surface area contributed by atoms with Gasteiger partial charge in [0.25, 0.3) is 0 Å². The monoisotopic (exact) mass is 460 g/mol. The number of hydrogen-bond acceptors (Lipinski definition) is 6. The van der Waals surface area contributed by atoms with Gasteiger partial charge in [-0.05, 0) is 6.92 Å². The minimum atomic E-state index is -0.560. The smallest absolute Gasteiger partial charge is 0.872 e. The van der Waals surface area contributed by atoms with Gasteiger partial charge in [-0.15, -0.1) is 23.0 Å². The topological polar surface area (TPSA) is 133 Å². The van der Waals surface area contributed by atoms with Gasteiger partial charge in [0, 0.05) is 0 Å². The molecule has 4 aromatic carbocycles. The van der Waals surface area contributed by atoms with Crippen molar-refractivity contribution in [2.24, 2.45) is 0 Å². The molecule has 0 aliphatic heterocycles. The molecule has 1 atom stereocenters. The second-order valence-electron chi connectivity index (χ2n) is 6.28. The zero-order valence-corrected chi connectivity index (χ0v) is 18.9. The summed E-state index contributed by atoms with van der Waals surface area (Å²) < 4.78 is 0. The molecule has 0 spiro atoms. The first-order valence-corrected chi connectivity index (χ1v) is 10.0. The van der Waals surface area contributed by atoms with Gasteiger partial charge >= 0.3 is 7.43 Å². The summed E-state index contributed by atoms with van der Waals surface area (Å²) in [5.74, 6) is 0.287. The SMILES string of the molecule is CC(O)CO.[C+4].[O-]c1ccccc1.[O-]c1ccccc1.[O-]c1ccccc1.[O-]c1ccccc1. The van der Waals surface area contributed by atoms with Gasteiger partial charge in [-0.25, -0.2) is 0 Å². The molecule has 4 rings (SSSR count). The van der Waals surface area contributed by atoms with Crippen molar-refractivity contribution in [3.63, 3.8) is 0 Å². The molecule has 0 amide bonds. The Morgan fingerprint density at radius 2 is 0.647 bits per heavy atom. The quantitative estimate of drug-likeness (QED) is 0.448. The molecular formula is C28H28O6. The average Bonchev–Trinajstić information content (AvgIpc) is 2.83. The van der Waals surface area contributed by atoms with Crippen molar-refractivity contribution >= 4 is 0 Å². The van der Waals surface area contributed by atoms with Crippen LogP contribution in [0.1, 0.15) is 6.92 Å². The maximum Gasteiger partial charge on any atom is 4.00 e. The summed E-state index contributed by atoms with van der Waals surface area (Å²) in [6, 6.07) is 33.3. The van der Waals surface area contributed by atoms with E-state index in [1.807, 2.05) is 24.3 Å². The van der Waals surface area contributed by atoms with Gasteiger partial charge in [-0.3, -0.25) is 0 Å². The van der Waals surface area contributed by atoms with Gasteiger partial charge in [0.2, 0.25) is 0 Å². The molecule has 0 saturated carbocycles. The van der Waals surface area contributed by atoms with Crippen LogP contribution in [-0.2, 0) is 0 Å². The van der Waals surface area contributed by atoms with Gasteiger partial charge in [-0.2, -0.15) is 0 Å². The Kier molecular flexibility index (Phi) is 21.0. The van der Waals surface area contributed by atoms with Crippen LogP contribution in [0.4, 0.5) is 0 Å². The number of hydrogen-bond donors (Lipinski definition) is 2. The van der Waals surface area contributed by atoms with Gasteiger partial charge < -0.3 is 30.6 Å². The first-order chi connectivity index (χ1) is 15.8. The van der Waals surface area contributed by atoms with E-state index in [0.717, 1.165) is 0 Å². The van der Waals surface area contributed by atoms with E-state index in [4.69, 9.17) is 10.2 Å². The fourth-order valence-corrected chi connectivity index (χ4v) is 1.68. The number of rotatable bonds is 1. The van der Waals surface area contributed by atoms with Crippen molar-refractivity contribution < 1.29 is 30.6 Å². The van der Waals surface area contributed by atoms with Gasteiger partial charge in [0.15, 0.2) is 0 Å². The third kappa shape index (κ3) is 22.7. The minimum absolute atomic E-state index is 0. The van der Waals surface area contributed by atoms with Gasteiger partial charge in [0.1, 0.15) is 0 Å². The standard InChI is InChI=1S/4C6H6O.C3H8O2.C/c4*7-6-4-2-1-3-5-6;1-3(5)2-4;/h4*1-5,7H;3-5H,2H2,1H3;/q;;;;;+4/p-4. The summed E-state index contributed by atoms with van der Waals surface area (Å²) in [6.07, 6.45) is -0.560. The molecule has 4 aromatic rings. The van der Waals surface area contributed by atoms with Crippen LogP contribution >= 0.6 is 0 Å². The molecule has 0 radical (unpaired) electrons. The average molecular weight is 461 g/mol. The number of para-hydroxylation sites is 4. The Labute approximate surface area is 202 Å². The molecule has 0 fully saturated rings. The Balaban J connectivity index is 0. The van der Waals surface area contributed by atoms with Crippen molar-refractivity contribution in [2.75, 3.05) is 6.61 Å². The van der Waals surface area contributed by atoms with Crippen molar-refractivity contribution in [3.05, 3.63) is 129 Å². The van der Waals surface area contributed by atoms with E-state index >= 15 is 0 Å². The molecule has 2 N–H and O–H groups in total. The first kappa shape index (κ1) is 32.2. The molecule has 0 saturated heterocycles. The van der Waals surface area contributed by atoms with E-state index in [0.29, 0.717) is 0 Å². The Hall–Kier alpha value is -4.00. The molecule has 176 valence electrons. The second-order valence-corrected chi connectivity index (χ2v) is 6.28. The minimum Gasteiger partial charge on any atom is -0.872 e. The molecule has 34 heavy (non-hydrogen) atoms. The predicted octanol–water partition coefficient (Wildman–Crippen LogP) is 2.48. The van der Waals surface area contributed by atoms with Crippen molar-refractivity contribution in [2.45, 2.75) is 13.0 Å². The van der Waals surface area contributed by atoms with Crippen LogP contribution in [0.25, 0.3) is 0 Å². The predicted molar refractivity (Wildman–Crippen MR) is 126 cm³/mol. The van der Waals surface area contributed by atoms with E-state index in [9.17, 15) is 20.4 Å². The molecule has 0 bridgehead atoms. The summed E-state index contributed by atoms with van der Waals surface area (Å²) in [4.78, 5) is 0. The fourth-order valence-electron chi connectivity index (χ4n) is 1.68. The van der Waals surface area contributed by atoms with E-state index in [2.05, 4.69) is 0 Å². The molecule has 0 aliphatic rings. The summed E-state index contributed by atoms with van der Waals surface area (Å²) in [5, 5.41) is 57.1. The normalized spacial score (nSPS) is 9.26. The van der Waals surface area contributed by atoms with Crippen LogP contribution in [-0.4, -0.2) is 22.9 Å². The molecule has 0 heterocycles. The molecule has 0 aliphatic carbocycles. The van der Waals surface area contributed by atoms with Crippen LogP contribution in [0.2, 0.25) is 0 Å². The zero-order valence-electron chi connectivity index (χ0n) is 18.9. The van der Waals surface area contributed by atoms with E-state index in [1.54, 1.807) is 48.5 Å². The van der Waals surface area contributed by atoms with Crippen LogP contribution in [0, 0.1) is 7.43 Å². The molecule has 6 nitrogen and oxygen atoms in total. The maximum absolute atomic E-state index is 10.3. The van der Waals surface area contributed by atoms with Crippen LogP contribution in [0.5, 0.6) is 23.0 Å². The van der Waals surface area contributed by atoms with E-state index in [-0.39, 0.29) is 37.0 Å². The number of aliphatic hydroxyl groups is 2. The molecular weight excluding hydrogens is 432 g/mol. The molecule has 1 unspecified atom stereocenters. The number of aliphatic hydroxyl groups excluding tert-OH is 2. The largest absolute Gasteiger partial charge is 4.00 e. The summed E-state index contributed by atoms with van der Waals surface area (Å²) in [7, 11) is 0. The van der Waals surface area contributed by atoms with Gasteiger partial charge in [0.05, 0.1) is 12.7 Å². The number of benzene rings is 4. The Bertz CT molecular complexity index is 752. The first-order valence-electron chi connectivity index (χ1n) is 10.0. The van der Waals surface area contributed by atoms with Crippen molar-refractivity contribution in [1.29, 1.82) is 0 Å². The van der Waals surface area contributed by atoms with Crippen LogP contribution in [0.15, 0.2) is 121 Å². The van der Waals surface area contributed by atoms with Crippen molar-refractivity contribution in [1.82, 2.24) is 0 Å². The summed E-state index contributed by atoms with van der Waals surface area (Å²) in [6.45, 7) is 1.39.